The van der Waals surface area contributed by atoms with Gasteiger partial charge in [0.2, 0.25) is 10.9 Å². The zero-order valence-corrected chi connectivity index (χ0v) is 40.8. The normalized spacial score (nSPS) is 29.2. The molecule has 4 heterocycles. The molecule has 3 aliphatic rings. The van der Waals surface area contributed by atoms with E-state index in [2.05, 4.69) is 15.1 Å². The summed E-state index contributed by atoms with van der Waals surface area (Å²) in [6.45, 7) is 19.3. The van der Waals surface area contributed by atoms with Gasteiger partial charge in [-0.05, 0) is 26.8 Å². The number of amides is 1. The van der Waals surface area contributed by atoms with Gasteiger partial charge in [-0.2, -0.15) is 0 Å². The van der Waals surface area contributed by atoms with Gasteiger partial charge in [0.1, 0.15) is 28.8 Å². The van der Waals surface area contributed by atoms with Gasteiger partial charge in [0, 0.05) is 118 Å². The number of methoxy groups -OCH3 is 1. The molecule has 372 valence electrons. The van der Waals surface area contributed by atoms with Crippen LogP contribution in [0.5, 0.6) is 11.5 Å². The Kier molecular flexibility index (Phi) is 15.1. The van der Waals surface area contributed by atoms with Crippen LogP contribution in [0, 0.1) is 30.6 Å². The number of nitrogens with one attached hydrogen (secondary N) is 1. The highest BCUT2D eigenvalue weighted by Crippen LogP contribution is 2.42. The summed E-state index contributed by atoms with van der Waals surface area (Å²) in [6.07, 6.45) is 3.54. The van der Waals surface area contributed by atoms with Crippen molar-refractivity contribution in [2.45, 2.75) is 92.5 Å². The number of esters is 1. The Morgan fingerprint density at radius 1 is 0.957 bits per heavy atom. The maximum Gasteiger partial charge on any atom is 0.307 e. The van der Waals surface area contributed by atoms with Gasteiger partial charge >= 0.3 is 11.8 Å². The van der Waals surface area contributed by atoms with Crippen LogP contribution in [-0.2, 0) is 28.5 Å². The molecule has 0 spiro atoms. The Hall–Kier alpha value is -6.05. The Balaban J connectivity index is 1.44. The van der Waals surface area contributed by atoms with Crippen LogP contribution in [0.4, 0.5) is 11.4 Å². The molecule has 0 unspecified atom stereocenters. The number of rotatable bonds is 7. The van der Waals surface area contributed by atoms with Gasteiger partial charge in [-0.1, -0.05) is 45.9 Å². The summed E-state index contributed by atoms with van der Waals surface area (Å²) in [5.74, 6) is -6.97. The van der Waals surface area contributed by atoms with E-state index in [1.807, 2.05) is 6.92 Å². The zero-order chi connectivity index (χ0) is 50.2. The smallest absolute Gasteiger partial charge is 0.307 e. The van der Waals surface area contributed by atoms with Crippen molar-refractivity contribution >= 4 is 62.0 Å². The molecule has 69 heavy (non-hydrogen) atoms. The number of nitrogens with zero attached hydrogens (tertiary/aromatic N) is 3. The van der Waals surface area contributed by atoms with Gasteiger partial charge in [0.25, 0.3) is 5.91 Å². The fourth-order valence-electron chi connectivity index (χ4n) is 9.63. The van der Waals surface area contributed by atoms with E-state index in [0.717, 1.165) is 19.6 Å². The fraction of sp³-hybridized carbons (Fsp3) is 0.510. The maximum absolute atomic E-state index is 14.9. The van der Waals surface area contributed by atoms with Crippen LogP contribution in [0.15, 0.2) is 62.3 Å². The van der Waals surface area contributed by atoms with Gasteiger partial charge in [0.15, 0.2) is 22.4 Å². The summed E-state index contributed by atoms with van der Waals surface area (Å²) in [5.41, 5.74) is -1.46. The number of fused-ring (bicyclic) bond motifs is 5. The quantitative estimate of drug-likeness (QED) is 0.0729. The van der Waals surface area contributed by atoms with E-state index in [9.17, 15) is 39.6 Å². The lowest BCUT2D eigenvalue weighted by molar-refractivity contribution is -0.160. The van der Waals surface area contributed by atoms with Gasteiger partial charge in [-0.25, -0.2) is 4.98 Å². The number of aromatic hydroxyl groups is 1. The van der Waals surface area contributed by atoms with E-state index in [-0.39, 0.29) is 60.8 Å². The second-order valence-corrected chi connectivity index (χ2v) is 18.6. The summed E-state index contributed by atoms with van der Waals surface area (Å²) >= 11 is 0. The number of carbonyl (C=O) groups excluding carboxylic acids is 2. The molecule has 1 fully saturated rings. The highest BCUT2D eigenvalue weighted by atomic mass is 16.7. The van der Waals surface area contributed by atoms with Crippen molar-refractivity contribution in [3.05, 3.63) is 79.5 Å². The van der Waals surface area contributed by atoms with E-state index in [1.165, 1.54) is 59.3 Å². The number of allylic oxidation sites excluding steroid dienone is 2. The molecule has 5 bridgehead atoms. The second kappa shape index (κ2) is 20.5. The molecule has 3 aromatic carbocycles. The molecule has 0 aliphatic carbocycles. The molecule has 0 radical (unpaired) electrons. The molecule has 18 nitrogen and oxygen atoms in total. The van der Waals surface area contributed by atoms with Crippen molar-refractivity contribution in [1.82, 2.24) is 9.88 Å². The molecule has 3 aliphatic heterocycles. The number of anilines is 2. The average molecular weight is 957 g/mol. The highest BCUT2D eigenvalue weighted by molar-refractivity contribution is 6.16. The molecule has 9 atom stereocenters. The SMILES string of the molecule is CCOCCN1CCN(c2cc(=O)c3nc4c(oc3c2)c2c(=O)c3c(O)c(C)c5c(c34)=C(O)[C@@](C)(O/C=C\[C@H](OC)[C@@H](C)[C@@H](OC(C)=O)[C@H](C)[C@H](O)[C@H](C)[C@@H](O)[C@@H](C)/C=C/C=C(\C)C(=O)N2)O5)CC1. The summed E-state index contributed by atoms with van der Waals surface area (Å²) < 4.78 is 36.1. The Morgan fingerprint density at radius 3 is 2.33 bits per heavy atom. The fourth-order valence-corrected chi connectivity index (χ4v) is 9.63. The van der Waals surface area contributed by atoms with Crippen LogP contribution in [0.25, 0.3) is 38.7 Å². The Bertz CT molecular complexity index is 2910. The van der Waals surface area contributed by atoms with Crippen molar-refractivity contribution < 1.29 is 58.1 Å². The lowest BCUT2D eigenvalue weighted by Crippen LogP contribution is -2.47. The van der Waals surface area contributed by atoms with Gasteiger partial charge < -0.3 is 58.7 Å². The number of phenolic OH excluding ortho intramolecular Hbond substituents is 1. The summed E-state index contributed by atoms with van der Waals surface area (Å²) in [4.78, 5) is 64.6. The van der Waals surface area contributed by atoms with Gasteiger partial charge in [0.05, 0.1) is 41.8 Å². The number of benzene rings is 3. The zero-order valence-electron chi connectivity index (χ0n) is 40.8. The number of hydrogen-bond donors (Lipinski definition) is 5. The number of aromatic nitrogens is 1. The topological polar surface area (TPSA) is 240 Å². The summed E-state index contributed by atoms with van der Waals surface area (Å²) in [7, 11) is 1.44. The standard InChI is InChI=1S/C51H64N4O14/c1-11-65-22-20-54-16-18-55(19-17-54)32-23-33(57)39-35(24-32)68-48-40(52-39)36-37-44(60)30(7)47-38(36)49(62)51(9,69-47)66-21-15-34(64-10)27(4)46(67-31(8)56)29(6)43(59)28(5)42(58)25(2)13-12-14-26(3)50(63)53-41(48)45(37)61/h12-15,21,23-25,27-29,34,42-43,46,58-60,62H,11,16-20,22H2,1-10H3,(H,53,63)/b13-12+,21-15-,26-14+/t25-,27+,28+,29+,34-,42-,43+,46+,51-/m0/s1. The Morgan fingerprint density at radius 2 is 1.67 bits per heavy atom. The number of piperazine rings is 1. The van der Waals surface area contributed by atoms with Crippen LogP contribution in [0.3, 0.4) is 0 Å². The van der Waals surface area contributed by atoms with E-state index in [4.69, 9.17) is 33.1 Å². The minimum Gasteiger partial charge on any atom is -0.507 e. The molecule has 7 rings (SSSR count). The summed E-state index contributed by atoms with van der Waals surface area (Å²) in [5, 5.41) is 49.3. The largest absolute Gasteiger partial charge is 0.507 e. The van der Waals surface area contributed by atoms with Crippen molar-refractivity contribution in [3.8, 4) is 11.5 Å². The van der Waals surface area contributed by atoms with E-state index >= 15 is 0 Å². The predicted molar refractivity (Wildman–Crippen MR) is 260 cm³/mol. The number of phenols is 1. The molecular weight excluding hydrogens is 893 g/mol. The predicted octanol–water partition coefficient (Wildman–Crippen LogP) is 4.72. The van der Waals surface area contributed by atoms with Crippen LogP contribution < -0.4 is 31.0 Å². The van der Waals surface area contributed by atoms with E-state index in [1.54, 1.807) is 45.9 Å². The van der Waals surface area contributed by atoms with Crippen molar-refractivity contribution in [2.24, 2.45) is 23.7 Å². The number of aliphatic hydroxyl groups excluding tert-OH is 3. The van der Waals surface area contributed by atoms with Crippen molar-refractivity contribution in [2.75, 3.05) is 63.3 Å². The first kappa shape index (κ1) is 50.8. The molecule has 1 saturated heterocycles. The number of hydrogen-bond acceptors (Lipinski definition) is 17. The first-order valence-electron chi connectivity index (χ1n) is 23.4. The first-order chi connectivity index (χ1) is 32.7. The van der Waals surface area contributed by atoms with Gasteiger partial charge in [-0.15, -0.1) is 0 Å². The third-order valence-corrected chi connectivity index (χ3v) is 13.9. The van der Waals surface area contributed by atoms with Crippen LogP contribution in [-0.4, -0.2) is 125 Å². The third kappa shape index (κ3) is 9.77. The molecule has 4 aromatic rings. The van der Waals surface area contributed by atoms with Gasteiger partial charge in [-0.3, -0.25) is 24.1 Å². The molecule has 0 saturated carbocycles. The van der Waals surface area contributed by atoms with Crippen molar-refractivity contribution in [3.63, 3.8) is 0 Å². The Labute approximate surface area is 399 Å². The lowest BCUT2D eigenvalue weighted by atomic mass is 9.78. The van der Waals surface area contributed by atoms with Crippen LogP contribution in [0.2, 0.25) is 0 Å². The highest BCUT2D eigenvalue weighted by Gasteiger charge is 2.44. The number of carbonyl (C=O) groups is 2. The molecule has 1 amide bonds. The van der Waals surface area contributed by atoms with Crippen LogP contribution in [0.1, 0.15) is 61.0 Å². The lowest BCUT2D eigenvalue weighted by Gasteiger charge is -2.38. The van der Waals surface area contributed by atoms with Crippen molar-refractivity contribution in [1.29, 1.82) is 0 Å². The number of ether oxygens (including phenoxy) is 5. The monoisotopic (exact) mass is 956 g/mol. The second-order valence-electron chi connectivity index (χ2n) is 18.6. The minimum absolute atomic E-state index is 0.0243. The summed E-state index contributed by atoms with van der Waals surface area (Å²) in [6, 6.07) is 3.12. The molecule has 1 aromatic heterocycles. The molecular formula is C51H64N4O14. The molecule has 5 N–H and O–H groups in total. The number of aliphatic hydroxyl groups is 3. The third-order valence-electron chi connectivity index (χ3n) is 13.9. The first-order valence-corrected chi connectivity index (χ1v) is 23.4. The average Bonchev–Trinajstić information content (AvgIpc) is 3.59. The molecule has 18 heteroatoms. The van der Waals surface area contributed by atoms with E-state index < -0.39 is 88.1 Å². The van der Waals surface area contributed by atoms with E-state index in [0.29, 0.717) is 32.0 Å². The maximum atomic E-state index is 14.9. The minimum atomic E-state index is -1.99. The van der Waals surface area contributed by atoms with Crippen LogP contribution >= 0.6 is 0 Å².